The van der Waals surface area contributed by atoms with Crippen molar-refractivity contribution < 1.29 is 14.3 Å². The van der Waals surface area contributed by atoms with E-state index in [2.05, 4.69) is 10.6 Å². The maximum absolute atomic E-state index is 13.3. The number of carbonyl (C=O) groups is 2. The zero-order valence-electron chi connectivity index (χ0n) is 17.1. The van der Waals surface area contributed by atoms with Crippen LogP contribution in [0.15, 0.2) is 18.2 Å². The lowest BCUT2D eigenvalue weighted by atomic mass is 9.94. The molecule has 0 aromatic heterocycles. The lowest BCUT2D eigenvalue weighted by Crippen LogP contribution is -2.53. The quantitative estimate of drug-likeness (QED) is 0.724. The van der Waals surface area contributed by atoms with Gasteiger partial charge in [-0.3, -0.25) is 4.79 Å². The van der Waals surface area contributed by atoms with E-state index >= 15 is 0 Å². The summed E-state index contributed by atoms with van der Waals surface area (Å²) in [6, 6.07) is 5.60. The van der Waals surface area contributed by atoms with Gasteiger partial charge in [0.2, 0.25) is 5.91 Å². The Labute approximate surface area is 182 Å². The summed E-state index contributed by atoms with van der Waals surface area (Å²) in [6.07, 6.45) is 2.13. The number of hydrogen-bond acceptors (Lipinski definition) is 4. The molecule has 0 spiro atoms. The highest BCUT2D eigenvalue weighted by Crippen LogP contribution is 2.33. The summed E-state index contributed by atoms with van der Waals surface area (Å²) < 4.78 is 5.33. The molecule has 29 heavy (non-hydrogen) atoms. The first-order chi connectivity index (χ1) is 13.6. The number of halogens is 2. The van der Waals surface area contributed by atoms with E-state index in [-0.39, 0.29) is 23.9 Å². The molecule has 2 aliphatic rings. The summed E-state index contributed by atoms with van der Waals surface area (Å²) in [6.45, 7) is 7.14. The van der Waals surface area contributed by atoms with Crippen LogP contribution in [-0.2, 0) is 16.1 Å². The van der Waals surface area contributed by atoms with Crippen molar-refractivity contribution in [2.24, 2.45) is 5.92 Å². The number of piperidine rings is 1. The van der Waals surface area contributed by atoms with Gasteiger partial charge in [0.1, 0.15) is 5.60 Å². The van der Waals surface area contributed by atoms with E-state index in [1.165, 1.54) is 0 Å². The third-order valence-corrected chi connectivity index (χ3v) is 5.92. The predicted octanol–water partition coefficient (Wildman–Crippen LogP) is 3.99. The fourth-order valence-corrected chi connectivity index (χ4v) is 3.96. The Morgan fingerprint density at radius 1 is 1.24 bits per heavy atom. The Morgan fingerprint density at radius 2 is 1.97 bits per heavy atom. The third-order valence-electron chi connectivity index (χ3n) is 5.06. The summed E-state index contributed by atoms with van der Waals surface area (Å²) >= 11 is 12.5. The van der Waals surface area contributed by atoms with Gasteiger partial charge < -0.3 is 20.3 Å². The monoisotopic (exact) mass is 441 g/mol. The lowest BCUT2D eigenvalue weighted by Gasteiger charge is -2.34. The van der Waals surface area contributed by atoms with E-state index in [1.807, 2.05) is 37.8 Å². The maximum Gasteiger partial charge on any atom is 0.407 e. The van der Waals surface area contributed by atoms with Gasteiger partial charge in [-0.2, -0.15) is 0 Å². The second-order valence-electron chi connectivity index (χ2n) is 8.84. The topological polar surface area (TPSA) is 70.7 Å². The molecule has 1 heterocycles. The number of nitrogens with zero attached hydrogens (tertiary/aromatic N) is 1. The average molecular weight is 442 g/mol. The van der Waals surface area contributed by atoms with Crippen LogP contribution in [0.25, 0.3) is 0 Å². The largest absolute Gasteiger partial charge is 0.444 e. The molecule has 1 saturated carbocycles. The zero-order valence-corrected chi connectivity index (χ0v) is 18.6. The average Bonchev–Trinajstić information content (AvgIpc) is 3.46. The van der Waals surface area contributed by atoms with Gasteiger partial charge in [-0.1, -0.05) is 35.3 Å². The van der Waals surface area contributed by atoms with E-state index in [4.69, 9.17) is 27.9 Å². The van der Waals surface area contributed by atoms with Crippen molar-refractivity contribution in [1.29, 1.82) is 0 Å². The molecule has 1 aromatic rings. The minimum atomic E-state index is -0.555. The second kappa shape index (κ2) is 9.11. The first kappa shape index (κ1) is 22.2. The number of hydrogen-bond donors (Lipinski definition) is 2. The molecule has 1 aliphatic heterocycles. The van der Waals surface area contributed by atoms with E-state index < -0.39 is 11.7 Å². The first-order valence-corrected chi connectivity index (χ1v) is 10.8. The Hall–Kier alpha value is -1.50. The van der Waals surface area contributed by atoms with Crippen molar-refractivity contribution in [1.82, 2.24) is 15.5 Å². The van der Waals surface area contributed by atoms with Gasteiger partial charge in [-0.25, -0.2) is 4.79 Å². The van der Waals surface area contributed by atoms with Gasteiger partial charge in [-0.15, -0.1) is 0 Å². The standard InChI is InChI=1S/C21H29Cl2N3O3/c1-21(2,3)29-20(28)25-15-9-14(10-24-11-15)19(27)26(16-7-8-16)12-13-5-4-6-17(22)18(13)23/h4-6,14-16,24H,7-12H2,1-3H3,(H,25,28)/t14-,15+/m0/s1. The number of amides is 2. The van der Waals surface area contributed by atoms with Crippen molar-refractivity contribution in [3.8, 4) is 0 Å². The molecule has 0 unspecified atom stereocenters. The van der Waals surface area contributed by atoms with Gasteiger partial charge in [0.15, 0.2) is 0 Å². The van der Waals surface area contributed by atoms with E-state index in [1.54, 1.807) is 6.07 Å². The van der Waals surface area contributed by atoms with Gasteiger partial charge in [0.25, 0.3) is 0 Å². The van der Waals surface area contributed by atoms with Gasteiger partial charge in [-0.05, 0) is 51.7 Å². The fourth-order valence-electron chi connectivity index (χ4n) is 3.58. The summed E-state index contributed by atoms with van der Waals surface area (Å²) in [5, 5.41) is 7.14. The molecule has 2 atom stereocenters. The maximum atomic E-state index is 13.3. The molecule has 160 valence electrons. The van der Waals surface area contributed by atoms with Crippen molar-refractivity contribution >= 4 is 35.2 Å². The molecular formula is C21H29Cl2N3O3. The number of alkyl carbamates (subject to hydrolysis) is 1. The first-order valence-electron chi connectivity index (χ1n) is 10.1. The molecule has 0 radical (unpaired) electrons. The van der Waals surface area contributed by atoms with Crippen molar-refractivity contribution in [2.75, 3.05) is 13.1 Å². The number of carbonyl (C=O) groups excluding carboxylic acids is 2. The molecular weight excluding hydrogens is 413 g/mol. The molecule has 0 bridgehead atoms. The molecule has 2 fully saturated rings. The van der Waals surface area contributed by atoms with Gasteiger partial charge in [0.05, 0.1) is 16.0 Å². The van der Waals surface area contributed by atoms with Crippen LogP contribution < -0.4 is 10.6 Å². The van der Waals surface area contributed by atoms with Gasteiger partial charge in [0, 0.05) is 31.7 Å². The highest BCUT2D eigenvalue weighted by atomic mass is 35.5. The summed E-state index contributed by atoms with van der Waals surface area (Å²) in [5.74, 6) is -0.117. The second-order valence-corrected chi connectivity index (χ2v) is 9.63. The smallest absolute Gasteiger partial charge is 0.407 e. The number of nitrogens with one attached hydrogen (secondary N) is 2. The van der Waals surface area contributed by atoms with Crippen LogP contribution in [0.2, 0.25) is 10.0 Å². The highest BCUT2D eigenvalue weighted by Gasteiger charge is 2.38. The summed E-state index contributed by atoms with van der Waals surface area (Å²) in [5.41, 5.74) is 0.298. The Kier molecular flexibility index (Phi) is 6.97. The van der Waals surface area contributed by atoms with Crippen molar-refractivity contribution in [2.45, 2.75) is 64.3 Å². The van der Waals surface area contributed by atoms with E-state index in [9.17, 15) is 9.59 Å². The molecule has 6 nitrogen and oxygen atoms in total. The molecule has 2 N–H and O–H groups in total. The summed E-state index contributed by atoms with van der Waals surface area (Å²) in [7, 11) is 0. The number of benzene rings is 1. The summed E-state index contributed by atoms with van der Waals surface area (Å²) in [4.78, 5) is 27.3. The van der Waals surface area contributed by atoms with Crippen LogP contribution in [-0.4, -0.2) is 47.7 Å². The third kappa shape index (κ3) is 6.24. The minimum Gasteiger partial charge on any atom is -0.444 e. The number of ether oxygens (including phenoxy) is 1. The van der Waals surface area contributed by atoms with Crippen LogP contribution in [0.1, 0.15) is 45.6 Å². The Bertz CT molecular complexity index is 762. The lowest BCUT2D eigenvalue weighted by molar-refractivity contribution is -0.137. The van der Waals surface area contributed by atoms with E-state index in [0.717, 1.165) is 18.4 Å². The highest BCUT2D eigenvalue weighted by molar-refractivity contribution is 6.42. The molecule has 8 heteroatoms. The zero-order chi connectivity index (χ0) is 21.2. The molecule has 1 aromatic carbocycles. The minimum absolute atomic E-state index is 0.0896. The fraction of sp³-hybridized carbons (Fsp3) is 0.619. The van der Waals surface area contributed by atoms with Crippen molar-refractivity contribution in [3.63, 3.8) is 0 Å². The Balaban J connectivity index is 1.64. The molecule has 1 aliphatic carbocycles. The molecule has 3 rings (SSSR count). The molecule has 2 amide bonds. The number of rotatable bonds is 5. The normalized spacial score (nSPS) is 22.1. The van der Waals surface area contributed by atoms with Gasteiger partial charge >= 0.3 is 6.09 Å². The van der Waals surface area contributed by atoms with Crippen molar-refractivity contribution in [3.05, 3.63) is 33.8 Å². The van der Waals surface area contributed by atoms with Crippen LogP contribution >= 0.6 is 23.2 Å². The van der Waals surface area contributed by atoms with Crippen LogP contribution in [0.4, 0.5) is 4.79 Å². The SMILES string of the molecule is CC(C)(C)OC(=O)N[C@H]1CNC[C@@H](C(=O)N(Cc2cccc(Cl)c2Cl)C2CC2)C1. The van der Waals surface area contributed by atoms with Crippen LogP contribution in [0, 0.1) is 5.92 Å². The molecule has 1 saturated heterocycles. The van der Waals surface area contributed by atoms with E-state index in [0.29, 0.717) is 36.1 Å². The predicted molar refractivity (Wildman–Crippen MR) is 114 cm³/mol. The van der Waals surface area contributed by atoms with Crippen LogP contribution in [0.3, 0.4) is 0 Å². The van der Waals surface area contributed by atoms with Crippen LogP contribution in [0.5, 0.6) is 0 Å². The Morgan fingerprint density at radius 3 is 2.62 bits per heavy atom.